The third-order valence-corrected chi connectivity index (χ3v) is 3.00. The summed E-state index contributed by atoms with van der Waals surface area (Å²) in [7, 11) is 1.37. The highest BCUT2D eigenvalue weighted by molar-refractivity contribution is 5.94. The van der Waals surface area contributed by atoms with Crippen molar-refractivity contribution in [2.45, 2.75) is 0 Å². The summed E-state index contributed by atoms with van der Waals surface area (Å²) in [6, 6.07) is 17.1. The minimum atomic E-state index is -0.362. The highest BCUT2D eigenvalue weighted by Gasteiger charge is 2.10. The summed E-state index contributed by atoms with van der Waals surface area (Å²) in [5, 5.41) is 0.964. The molecule has 0 atom stereocenters. The van der Waals surface area contributed by atoms with Gasteiger partial charge < -0.3 is 9.15 Å². The van der Waals surface area contributed by atoms with Gasteiger partial charge in [0, 0.05) is 10.9 Å². The van der Waals surface area contributed by atoms with Crippen LogP contribution in [0.3, 0.4) is 0 Å². The van der Waals surface area contributed by atoms with Gasteiger partial charge in [-0.05, 0) is 18.2 Å². The smallest absolute Gasteiger partial charge is 0.337 e. The first-order valence-electron chi connectivity index (χ1n) is 5.95. The van der Waals surface area contributed by atoms with E-state index in [2.05, 4.69) is 0 Å². The lowest BCUT2D eigenvalue weighted by atomic mass is 10.1. The minimum absolute atomic E-state index is 0.362. The Morgan fingerprint density at radius 2 is 1.84 bits per heavy atom. The maximum atomic E-state index is 11.5. The molecule has 0 radical (unpaired) electrons. The SMILES string of the molecule is COC(=O)c1ccc2cc(-c3ccccc3)oc2c1. The van der Waals surface area contributed by atoms with Gasteiger partial charge in [0.2, 0.25) is 0 Å². The number of benzene rings is 2. The molecule has 19 heavy (non-hydrogen) atoms. The van der Waals surface area contributed by atoms with Crippen molar-refractivity contribution in [3.05, 3.63) is 60.2 Å². The maximum Gasteiger partial charge on any atom is 0.337 e. The van der Waals surface area contributed by atoms with Crippen LogP contribution in [0, 0.1) is 0 Å². The Kier molecular flexibility index (Phi) is 2.80. The van der Waals surface area contributed by atoms with Crippen molar-refractivity contribution in [2.24, 2.45) is 0 Å². The van der Waals surface area contributed by atoms with Crippen molar-refractivity contribution in [3.8, 4) is 11.3 Å². The van der Waals surface area contributed by atoms with Crippen LogP contribution in [-0.4, -0.2) is 13.1 Å². The fraction of sp³-hybridized carbons (Fsp3) is 0.0625. The van der Waals surface area contributed by atoms with Crippen molar-refractivity contribution >= 4 is 16.9 Å². The number of furan rings is 1. The molecule has 1 aromatic heterocycles. The number of rotatable bonds is 2. The van der Waals surface area contributed by atoms with Crippen LogP contribution in [0.5, 0.6) is 0 Å². The molecule has 94 valence electrons. The Labute approximate surface area is 110 Å². The van der Waals surface area contributed by atoms with Crippen LogP contribution in [-0.2, 0) is 4.74 Å². The van der Waals surface area contributed by atoms with Gasteiger partial charge in [0.25, 0.3) is 0 Å². The molecule has 0 fully saturated rings. The monoisotopic (exact) mass is 252 g/mol. The average molecular weight is 252 g/mol. The van der Waals surface area contributed by atoms with Crippen molar-refractivity contribution in [3.63, 3.8) is 0 Å². The van der Waals surface area contributed by atoms with Crippen LogP contribution < -0.4 is 0 Å². The van der Waals surface area contributed by atoms with E-state index < -0.39 is 0 Å². The van der Waals surface area contributed by atoms with E-state index in [9.17, 15) is 4.79 Å². The predicted octanol–water partition coefficient (Wildman–Crippen LogP) is 3.89. The Morgan fingerprint density at radius 1 is 1.05 bits per heavy atom. The molecule has 0 spiro atoms. The molecular weight excluding hydrogens is 240 g/mol. The van der Waals surface area contributed by atoms with Gasteiger partial charge in [-0.2, -0.15) is 0 Å². The molecule has 0 amide bonds. The predicted molar refractivity (Wildman–Crippen MR) is 73.0 cm³/mol. The van der Waals surface area contributed by atoms with Crippen LogP contribution in [0.25, 0.3) is 22.3 Å². The second-order valence-electron chi connectivity index (χ2n) is 4.22. The molecule has 0 aliphatic heterocycles. The van der Waals surface area contributed by atoms with E-state index in [0.717, 1.165) is 16.7 Å². The van der Waals surface area contributed by atoms with E-state index >= 15 is 0 Å². The number of carbonyl (C=O) groups excluding carboxylic acids is 1. The number of carbonyl (C=O) groups is 1. The van der Waals surface area contributed by atoms with Crippen LogP contribution in [0.1, 0.15) is 10.4 Å². The van der Waals surface area contributed by atoms with Gasteiger partial charge in [-0.3, -0.25) is 0 Å². The molecule has 0 aliphatic rings. The Hall–Kier alpha value is -2.55. The third kappa shape index (κ3) is 2.10. The lowest BCUT2D eigenvalue weighted by Gasteiger charge is -1.97. The van der Waals surface area contributed by atoms with Gasteiger partial charge in [0.1, 0.15) is 11.3 Å². The maximum absolute atomic E-state index is 11.5. The average Bonchev–Trinajstić information content (AvgIpc) is 2.90. The van der Waals surface area contributed by atoms with E-state index in [1.165, 1.54) is 7.11 Å². The van der Waals surface area contributed by atoms with Crippen LogP contribution >= 0.6 is 0 Å². The minimum Gasteiger partial charge on any atom is -0.465 e. The largest absolute Gasteiger partial charge is 0.465 e. The summed E-state index contributed by atoms with van der Waals surface area (Å²) in [6.45, 7) is 0. The normalized spacial score (nSPS) is 10.6. The molecule has 0 aliphatic carbocycles. The van der Waals surface area contributed by atoms with E-state index in [0.29, 0.717) is 11.1 Å². The highest BCUT2D eigenvalue weighted by atomic mass is 16.5. The second kappa shape index (κ2) is 4.61. The zero-order valence-electron chi connectivity index (χ0n) is 10.4. The Balaban J connectivity index is 2.09. The Bertz CT molecular complexity index is 726. The summed E-state index contributed by atoms with van der Waals surface area (Å²) in [5.41, 5.74) is 2.18. The van der Waals surface area contributed by atoms with E-state index in [4.69, 9.17) is 9.15 Å². The third-order valence-electron chi connectivity index (χ3n) is 3.00. The van der Waals surface area contributed by atoms with Gasteiger partial charge in [0.05, 0.1) is 12.7 Å². The van der Waals surface area contributed by atoms with Crippen molar-refractivity contribution in [2.75, 3.05) is 7.11 Å². The summed E-state index contributed by atoms with van der Waals surface area (Å²) in [5.74, 6) is 0.428. The van der Waals surface area contributed by atoms with E-state index in [1.54, 1.807) is 12.1 Å². The fourth-order valence-corrected chi connectivity index (χ4v) is 2.02. The standard InChI is InChI=1S/C16H12O3/c1-18-16(17)13-8-7-12-9-14(19-15(12)10-13)11-5-3-2-4-6-11/h2-10H,1H3. The lowest BCUT2D eigenvalue weighted by Crippen LogP contribution is -1.99. The molecule has 0 unspecified atom stereocenters. The van der Waals surface area contributed by atoms with Crippen molar-refractivity contribution in [1.82, 2.24) is 0 Å². The van der Waals surface area contributed by atoms with Gasteiger partial charge >= 0.3 is 5.97 Å². The molecule has 0 bridgehead atoms. The first-order chi connectivity index (χ1) is 9.28. The number of hydrogen-bond donors (Lipinski definition) is 0. The fourth-order valence-electron chi connectivity index (χ4n) is 2.02. The highest BCUT2D eigenvalue weighted by Crippen LogP contribution is 2.28. The first-order valence-corrected chi connectivity index (χ1v) is 5.95. The molecule has 1 heterocycles. The molecule has 3 aromatic rings. The molecular formula is C16H12O3. The lowest BCUT2D eigenvalue weighted by molar-refractivity contribution is 0.0601. The topological polar surface area (TPSA) is 39.4 Å². The molecule has 3 nitrogen and oxygen atoms in total. The zero-order chi connectivity index (χ0) is 13.2. The van der Waals surface area contributed by atoms with Crippen molar-refractivity contribution < 1.29 is 13.9 Å². The molecule has 0 saturated carbocycles. The van der Waals surface area contributed by atoms with Gasteiger partial charge in [-0.1, -0.05) is 36.4 Å². The van der Waals surface area contributed by atoms with Crippen LogP contribution in [0.15, 0.2) is 59.0 Å². The number of methoxy groups -OCH3 is 1. The van der Waals surface area contributed by atoms with Crippen LogP contribution in [0.4, 0.5) is 0 Å². The van der Waals surface area contributed by atoms with Gasteiger partial charge in [0.15, 0.2) is 0 Å². The number of hydrogen-bond acceptors (Lipinski definition) is 3. The first kappa shape index (κ1) is 11.5. The van der Waals surface area contributed by atoms with E-state index in [-0.39, 0.29) is 5.97 Å². The molecule has 0 N–H and O–H groups in total. The molecule has 0 saturated heterocycles. The summed E-state index contributed by atoms with van der Waals surface area (Å²) in [4.78, 5) is 11.5. The van der Waals surface area contributed by atoms with Crippen LogP contribution in [0.2, 0.25) is 0 Å². The molecule has 3 rings (SSSR count). The number of fused-ring (bicyclic) bond motifs is 1. The summed E-state index contributed by atoms with van der Waals surface area (Å²) >= 11 is 0. The van der Waals surface area contributed by atoms with E-state index in [1.807, 2.05) is 42.5 Å². The van der Waals surface area contributed by atoms with Gasteiger partial charge in [-0.15, -0.1) is 0 Å². The molecule has 3 heteroatoms. The number of ether oxygens (including phenoxy) is 1. The number of esters is 1. The van der Waals surface area contributed by atoms with Gasteiger partial charge in [-0.25, -0.2) is 4.79 Å². The molecule has 2 aromatic carbocycles. The Morgan fingerprint density at radius 3 is 2.58 bits per heavy atom. The summed E-state index contributed by atoms with van der Waals surface area (Å²) in [6.07, 6.45) is 0. The second-order valence-corrected chi connectivity index (χ2v) is 4.22. The quantitative estimate of drug-likeness (QED) is 0.649. The zero-order valence-corrected chi connectivity index (χ0v) is 10.4. The summed E-state index contributed by atoms with van der Waals surface area (Å²) < 4.78 is 10.5. The van der Waals surface area contributed by atoms with Crippen molar-refractivity contribution in [1.29, 1.82) is 0 Å².